The summed E-state index contributed by atoms with van der Waals surface area (Å²) in [5.74, 6) is -1.83. The zero-order valence-corrected chi connectivity index (χ0v) is 11.4. The summed E-state index contributed by atoms with van der Waals surface area (Å²) in [4.78, 5) is 43.5. The van der Waals surface area contributed by atoms with Crippen molar-refractivity contribution < 1.29 is 33.4 Å². The first kappa shape index (κ1) is 17.1. The summed E-state index contributed by atoms with van der Waals surface area (Å²) < 4.78 is 14.8. The number of hydrogen-bond acceptors (Lipinski definition) is 7. The van der Waals surface area contributed by atoms with Gasteiger partial charge in [-0.05, 0) is 6.92 Å². The minimum absolute atomic E-state index is 0.164. The lowest BCUT2D eigenvalue weighted by Gasteiger charge is -2.29. The first-order valence-electron chi connectivity index (χ1n) is 5.73. The monoisotopic (exact) mass is 274 g/mol. The summed E-state index contributed by atoms with van der Waals surface area (Å²) in [5, 5.41) is 0. The SMILES string of the molecule is CC(=O)O[C@@H]([C@H](CC=O)OC(C)=O)[C@@H](C)OC(C)=O. The lowest BCUT2D eigenvalue weighted by molar-refractivity contribution is -0.181. The molecule has 0 saturated carbocycles. The predicted molar refractivity (Wildman–Crippen MR) is 63.0 cm³/mol. The number of hydrogen-bond donors (Lipinski definition) is 0. The van der Waals surface area contributed by atoms with Gasteiger partial charge >= 0.3 is 17.9 Å². The molecule has 0 bridgehead atoms. The van der Waals surface area contributed by atoms with E-state index in [1.165, 1.54) is 27.7 Å². The third-order valence-electron chi connectivity index (χ3n) is 2.13. The highest BCUT2D eigenvalue weighted by Crippen LogP contribution is 2.15. The van der Waals surface area contributed by atoms with Gasteiger partial charge in [0.05, 0.1) is 0 Å². The van der Waals surface area contributed by atoms with E-state index in [1.807, 2.05) is 0 Å². The van der Waals surface area contributed by atoms with Gasteiger partial charge in [-0.15, -0.1) is 0 Å². The third-order valence-corrected chi connectivity index (χ3v) is 2.13. The van der Waals surface area contributed by atoms with E-state index in [2.05, 4.69) is 0 Å². The van der Waals surface area contributed by atoms with Gasteiger partial charge in [0.1, 0.15) is 18.5 Å². The molecule has 0 spiro atoms. The largest absolute Gasteiger partial charge is 0.459 e. The molecule has 0 aliphatic rings. The topological polar surface area (TPSA) is 96.0 Å². The van der Waals surface area contributed by atoms with Crippen LogP contribution in [0.25, 0.3) is 0 Å². The van der Waals surface area contributed by atoms with Crippen molar-refractivity contribution in [1.82, 2.24) is 0 Å². The van der Waals surface area contributed by atoms with Crippen molar-refractivity contribution in [2.24, 2.45) is 0 Å². The van der Waals surface area contributed by atoms with Gasteiger partial charge in [0.25, 0.3) is 0 Å². The smallest absolute Gasteiger partial charge is 0.303 e. The Bertz CT molecular complexity index is 350. The number of rotatable bonds is 7. The van der Waals surface area contributed by atoms with E-state index in [0.29, 0.717) is 6.29 Å². The molecular weight excluding hydrogens is 256 g/mol. The van der Waals surface area contributed by atoms with Crippen LogP contribution in [0.4, 0.5) is 0 Å². The maximum absolute atomic E-state index is 11.0. The molecule has 0 aliphatic carbocycles. The molecule has 0 radical (unpaired) electrons. The van der Waals surface area contributed by atoms with Crippen LogP contribution in [0, 0.1) is 0 Å². The summed E-state index contributed by atoms with van der Waals surface area (Å²) in [5.41, 5.74) is 0. The number of esters is 3. The molecule has 0 unspecified atom stereocenters. The Morgan fingerprint density at radius 1 is 0.947 bits per heavy atom. The van der Waals surface area contributed by atoms with Crippen molar-refractivity contribution in [1.29, 1.82) is 0 Å². The van der Waals surface area contributed by atoms with Crippen LogP contribution in [0.1, 0.15) is 34.1 Å². The van der Waals surface area contributed by atoms with Gasteiger partial charge in [0.15, 0.2) is 6.10 Å². The minimum Gasteiger partial charge on any atom is -0.459 e. The molecule has 0 aliphatic heterocycles. The third kappa shape index (κ3) is 7.17. The van der Waals surface area contributed by atoms with E-state index >= 15 is 0 Å². The summed E-state index contributed by atoms with van der Waals surface area (Å²) in [6.07, 6.45) is -2.50. The Labute approximate surface area is 111 Å². The molecule has 0 aromatic heterocycles. The van der Waals surface area contributed by atoms with Gasteiger partial charge < -0.3 is 19.0 Å². The normalized spacial score (nSPS) is 14.7. The zero-order chi connectivity index (χ0) is 15.0. The molecule has 19 heavy (non-hydrogen) atoms. The second-order valence-corrected chi connectivity index (χ2v) is 3.94. The first-order valence-corrected chi connectivity index (χ1v) is 5.73. The van der Waals surface area contributed by atoms with E-state index in [0.717, 1.165) is 0 Å². The molecule has 0 N–H and O–H groups in total. The zero-order valence-electron chi connectivity index (χ0n) is 11.4. The molecule has 0 amide bonds. The molecule has 0 rings (SSSR count). The van der Waals surface area contributed by atoms with Gasteiger partial charge in [-0.1, -0.05) is 0 Å². The van der Waals surface area contributed by atoms with Crippen LogP contribution in [0.3, 0.4) is 0 Å². The van der Waals surface area contributed by atoms with Crippen LogP contribution in [-0.4, -0.2) is 42.5 Å². The number of ether oxygens (including phenoxy) is 3. The Morgan fingerprint density at radius 2 is 1.42 bits per heavy atom. The van der Waals surface area contributed by atoms with Crippen molar-refractivity contribution in [3.8, 4) is 0 Å². The van der Waals surface area contributed by atoms with Crippen molar-refractivity contribution in [2.75, 3.05) is 0 Å². The van der Waals surface area contributed by atoms with Crippen LogP contribution in [0.2, 0.25) is 0 Å². The van der Waals surface area contributed by atoms with Crippen LogP contribution in [0.5, 0.6) is 0 Å². The standard InChI is InChI=1S/C12H18O7/c1-7(17-8(2)14)12(19-10(4)16)11(5-6-13)18-9(3)15/h6-7,11-12H,5H2,1-4H3/t7-,11+,12-/m1/s1. The summed E-state index contributed by atoms with van der Waals surface area (Å²) in [7, 11) is 0. The Morgan fingerprint density at radius 3 is 1.79 bits per heavy atom. The van der Waals surface area contributed by atoms with Crippen molar-refractivity contribution >= 4 is 24.2 Å². The van der Waals surface area contributed by atoms with Crippen LogP contribution in [0.15, 0.2) is 0 Å². The second-order valence-electron chi connectivity index (χ2n) is 3.94. The fourth-order valence-electron chi connectivity index (χ4n) is 1.55. The maximum atomic E-state index is 11.0. The van der Waals surface area contributed by atoms with Gasteiger partial charge in [-0.2, -0.15) is 0 Å². The minimum atomic E-state index is -1.03. The lowest BCUT2D eigenvalue weighted by atomic mass is 10.1. The maximum Gasteiger partial charge on any atom is 0.303 e. The van der Waals surface area contributed by atoms with E-state index in [1.54, 1.807) is 0 Å². The van der Waals surface area contributed by atoms with Crippen molar-refractivity contribution in [2.45, 2.75) is 52.4 Å². The first-order chi connectivity index (χ1) is 8.77. The average molecular weight is 274 g/mol. The summed E-state index contributed by atoms with van der Waals surface area (Å²) in [6.45, 7) is 5.01. The fraction of sp³-hybridized carbons (Fsp3) is 0.667. The molecule has 0 heterocycles. The quantitative estimate of drug-likeness (QED) is 0.376. The van der Waals surface area contributed by atoms with Gasteiger partial charge in [0, 0.05) is 27.2 Å². The van der Waals surface area contributed by atoms with E-state index in [4.69, 9.17) is 14.2 Å². The second kappa shape index (κ2) is 8.23. The fourth-order valence-corrected chi connectivity index (χ4v) is 1.55. The highest BCUT2D eigenvalue weighted by molar-refractivity contribution is 5.68. The number of aldehydes is 1. The predicted octanol–water partition coefficient (Wildman–Crippen LogP) is 0.390. The molecule has 0 fully saturated rings. The van der Waals surface area contributed by atoms with Crippen molar-refractivity contribution in [3.63, 3.8) is 0 Å². The molecule has 3 atom stereocenters. The molecule has 7 heteroatoms. The van der Waals surface area contributed by atoms with Crippen LogP contribution < -0.4 is 0 Å². The Hall–Kier alpha value is -1.92. The van der Waals surface area contributed by atoms with Gasteiger partial charge in [-0.3, -0.25) is 14.4 Å². The van der Waals surface area contributed by atoms with Gasteiger partial charge in [-0.25, -0.2) is 0 Å². The van der Waals surface area contributed by atoms with Crippen LogP contribution in [-0.2, 0) is 33.4 Å². The average Bonchev–Trinajstić information content (AvgIpc) is 2.23. The lowest BCUT2D eigenvalue weighted by Crippen LogP contribution is -2.43. The molecule has 108 valence electrons. The van der Waals surface area contributed by atoms with Crippen molar-refractivity contribution in [3.05, 3.63) is 0 Å². The van der Waals surface area contributed by atoms with Crippen LogP contribution >= 0.6 is 0 Å². The molecule has 0 aromatic rings. The summed E-state index contributed by atoms with van der Waals surface area (Å²) in [6, 6.07) is 0. The molecule has 7 nitrogen and oxygen atoms in total. The van der Waals surface area contributed by atoms with E-state index < -0.39 is 36.2 Å². The Balaban J connectivity index is 5.02. The van der Waals surface area contributed by atoms with E-state index in [9.17, 15) is 19.2 Å². The molecular formula is C12H18O7. The highest BCUT2D eigenvalue weighted by atomic mass is 16.6. The molecule has 0 saturated heterocycles. The number of carbonyl (C=O) groups is 4. The van der Waals surface area contributed by atoms with Gasteiger partial charge in [0.2, 0.25) is 0 Å². The summed E-state index contributed by atoms with van der Waals surface area (Å²) >= 11 is 0. The highest BCUT2D eigenvalue weighted by Gasteiger charge is 2.33. The Kier molecular flexibility index (Phi) is 7.40. The molecule has 0 aromatic carbocycles. The van der Waals surface area contributed by atoms with E-state index in [-0.39, 0.29) is 6.42 Å². The number of carbonyl (C=O) groups excluding carboxylic acids is 4.